The van der Waals surface area contributed by atoms with Gasteiger partial charge in [0.05, 0.1) is 17.6 Å². The summed E-state index contributed by atoms with van der Waals surface area (Å²) in [5.74, 6) is 0.759. The molecule has 1 aliphatic heterocycles. The van der Waals surface area contributed by atoms with Gasteiger partial charge >= 0.3 is 0 Å². The number of nitrogens with two attached hydrogens (primary N) is 1. The zero-order valence-electron chi connectivity index (χ0n) is 22.8. The zero-order valence-corrected chi connectivity index (χ0v) is 24.3. The number of rotatable bonds is 5. The number of hydrogen-bond acceptors (Lipinski definition) is 5. The second-order valence-electron chi connectivity index (χ2n) is 10.5. The Morgan fingerprint density at radius 1 is 1.00 bits per heavy atom. The van der Waals surface area contributed by atoms with Crippen LogP contribution in [0, 0.1) is 39.0 Å². The topological polar surface area (TPSA) is 70.1 Å². The van der Waals surface area contributed by atoms with E-state index in [0.717, 1.165) is 40.2 Å². The van der Waals surface area contributed by atoms with Crippen molar-refractivity contribution in [1.82, 2.24) is 0 Å². The Labute approximate surface area is 240 Å². The number of anilines is 1. The molecule has 3 aromatic rings. The normalized spacial score (nSPS) is 17.4. The number of Topliss-reactive ketones (excluding diaryl/α,β-unsaturated/α-hetero) is 1. The molecule has 198 valence electrons. The predicted molar refractivity (Wildman–Crippen MR) is 161 cm³/mol. The predicted octanol–water partition coefficient (Wildman–Crippen LogP) is 8.17. The number of ketones is 1. The molecule has 1 heterocycles. The van der Waals surface area contributed by atoms with Gasteiger partial charge in [0.25, 0.3) is 0 Å². The second kappa shape index (κ2) is 11.0. The van der Waals surface area contributed by atoms with E-state index in [4.69, 9.17) is 17.3 Å². The van der Waals surface area contributed by atoms with Crippen LogP contribution in [0.15, 0.2) is 82.2 Å². The summed E-state index contributed by atoms with van der Waals surface area (Å²) in [6.07, 6.45) is 1.93. The van der Waals surface area contributed by atoms with Crippen molar-refractivity contribution in [2.24, 2.45) is 5.73 Å². The number of halogens is 1. The van der Waals surface area contributed by atoms with E-state index in [1.807, 2.05) is 30.0 Å². The molecule has 6 heteroatoms. The molecule has 0 radical (unpaired) electrons. The number of aryl methyl sites for hydroxylation is 4. The molecule has 0 bridgehead atoms. The lowest BCUT2D eigenvalue weighted by Gasteiger charge is -2.40. The molecule has 3 aromatic carbocycles. The molecule has 0 aromatic heterocycles. The van der Waals surface area contributed by atoms with Gasteiger partial charge < -0.3 is 5.73 Å². The summed E-state index contributed by atoms with van der Waals surface area (Å²) in [5, 5.41) is 11.1. The average molecular weight is 554 g/mol. The molecule has 5 rings (SSSR count). The fraction of sp³-hybridized carbons (Fsp3) is 0.273. The summed E-state index contributed by atoms with van der Waals surface area (Å²) >= 11 is 8.27. The third kappa shape index (κ3) is 5.12. The summed E-state index contributed by atoms with van der Waals surface area (Å²) in [6.45, 7) is 8.22. The highest BCUT2D eigenvalue weighted by atomic mass is 35.5. The van der Waals surface area contributed by atoms with Crippen molar-refractivity contribution >= 4 is 34.8 Å². The Morgan fingerprint density at radius 2 is 1.74 bits per heavy atom. The number of nitrogens with zero attached hydrogens (tertiary/aromatic N) is 2. The third-order valence-corrected chi connectivity index (χ3v) is 9.25. The van der Waals surface area contributed by atoms with Crippen LogP contribution in [0.3, 0.4) is 0 Å². The first-order valence-electron chi connectivity index (χ1n) is 13.2. The van der Waals surface area contributed by atoms with Crippen LogP contribution >= 0.6 is 23.4 Å². The molecule has 1 unspecified atom stereocenters. The number of carbonyl (C=O) groups is 1. The van der Waals surface area contributed by atoms with E-state index in [0.29, 0.717) is 34.8 Å². The van der Waals surface area contributed by atoms with E-state index >= 15 is 0 Å². The molecule has 0 amide bonds. The summed E-state index contributed by atoms with van der Waals surface area (Å²) in [7, 11) is 0. The molecule has 0 spiro atoms. The average Bonchev–Trinajstić information content (AvgIpc) is 2.90. The summed E-state index contributed by atoms with van der Waals surface area (Å²) < 4.78 is 0. The van der Waals surface area contributed by atoms with Gasteiger partial charge in [0.1, 0.15) is 5.82 Å². The molecule has 0 saturated carbocycles. The van der Waals surface area contributed by atoms with Crippen LogP contribution in [0.2, 0.25) is 5.02 Å². The Kier molecular flexibility index (Phi) is 7.62. The van der Waals surface area contributed by atoms with Crippen LogP contribution in [0.5, 0.6) is 0 Å². The van der Waals surface area contributed by atoms with Crippen LogP contribution < -0.4 is 10.6 Å². The van der Waals surface area contributed by atoms with Crippen molar-refractivity contribution in [2.75, 3.05) is 4.90 Å². The molecule has 39 heavy (non-hydrogen) atoms. The smallest absolute Gasteiger partial charge is 0.161 e. The first kappa shape index (κ1) is 27.1. The lowest BCUT2D eigenvalue weighted by molar-refractivity contribution is -0.116. The van der Waals surface area contributed by atoms with Gasteiger partial charge in [0.15, 0.2) is 5.78 Å². The maximum atomic E-state index is 13.6. The minimum Gasteiger partial charge on any atom is -0.384 e. The monoisotopic (exact) mass is 553 g/mol. The molecular weight excluding hydrogens is 522 g/mol. The van der Waals surface area contributed by atoms with E-state index in [-0.39, 0.29) is 5.78 Å². The Morgan fingerprint density at radius 3 is 2.44 bits per heavy atom. The maximum absolute atomic E-state index is 13.6. The Bertz CT molecular complexity index is 1580. The molecule has 2 aliphatic rings. The van der Waals surface area contributed by atoms with Crippen molar-refractivity contribution in [3.63, 3.8) is 0 Å². The van der Waals surface area contributed by atoms with Crippen molar-refractivity contribution in [3.05, 3.63) is 116 Å². The van der Waals surface area contributed by atoms with E-state index < -0.39 is 5.92 Å². The van der Waals surface area contributed by atoms with E-state index in [1.54, 1.807) is 11.8 Å². The van der Waals surface area contributed by atoms with Crippen LogP contribution in [-0.2, 0) is 10.5 Å². The SMILES string of the molecule is Cc1ccc(SCc2cc(C3C(C#N)=C(N)N(c4ccc(C)c(Cl)c4)C4=C3C(=O)CCC4)c(C)cc2C)cc1. The standard InChI is InChI=1S/C33H32ClN3OS/c1-19-8-12-25(13-9-19)39-18-23-15-26(22(4)14-21(23)3)31-27(17-35)33(36)37(24-11-10-20(2)28(34)16-24)29-6-5-7-30(38)32(29)31/h8-16,31H,5-7,18,36H2,1-4H3. The molecule has 0 saturated heterocycles. The minimum absolute atomic E-state index is 0.0836. The molecule has 2 N–H and O–H groups in total. The maximum Gasteiger partial charge on any atom is 0.161 e. The van der Waals surface area contributed by atoms with Gasteiger partial charge in [-0.25, -0.2) is 0 Å². The van der Waals surface area contributed by atoms with Crippen molar-refractivity contribution in [2.45, 2.75) is 63.5 Å². The quantitative estimate of drug-likeness (QED) is 0.323. The molecular formula is C33H32ClN3OS. The Hall–Kier alpha value is -3.46. The fourth-order valence-electron chi connectivity index (χ4n) is 5.59. The molecule has 1 aliphatic carbocycles. The van der Waals surface area contributed by atoms with Crippen LogP contribution in [0.25, 0.3) is 0 Å². The van der Waals surface area contributed by atoms with Gasteiger partial charge in [-0.05, 0) is 92.6 Å². The number of benzene rings is 3. The highest BCUT2D eigenvalue weighted by Gasteiger charge is 2.41. The van der Waals surface area contributed by atoms with Gasteiger partial charge in [-0.15, -0.1) is 11.8 Å². The van der Waals surface area contributed by atoms with Gasteiger partial charge in [-0.2, -0.15) is 5.26 Å². The first-order chi connectivity index (χ1) is 18.7. The number of nitriles is 1. The van der Waals surface area contributed by atoms with Crippen molar-refractivity contribution in [1.29, 1.82) is 5.26 Å². The lowest BCUT2D eigenvalue weighted by atomic mass is 9.74. The van der Waals surface area contributed by atoms with Crippen LogP contribution in [-0.4, -0.2) is 5.78 Å². The molecule has 4 nitrogen and oxygen atoms in total. The van der Waals surface area contributed by atoms with Gasteiger partial charge in [-0.1, -0.05) is 47.5 Å². The molecule has 0 fully saturated rings. The summed E-state index contributed by atoms with van der Waals surface area (Å²) in [5.41, 5.74) is 16.1. The van der Waals surface area contributed by atoms with Gasteiger partial charge in [0.2, 0.25) is 0 Å². The van der Waals surface area contributed by atoms with Crippen LogP contribution in [0.4, 0.5) is 5.69 Å². The number of allylic oxidation sites excluding steroid dienone is 3. The number of carbonyl (C=O) groups excluding carboxylic acids is 1. The van der Waals surface area contributed by atoms with Crippen molar-refractivity contribution < 1.29 is 4.79 Å². The van der Waals surface area contributed by atoms with E-state index in [1.165, 1.54) is 21.6 Å². The van der Waals surface area contributed by atoms with Gasteiger partial charge in [-0.3, -0.25) is 9.69 Å². The third-order valence-electron chi connectivity index (χ3n) is 7.78. The van der Waals surface area contributed by atoms with Crippen molar-refractivity contribution in [3.8, 4) is 6.07 Å². The highest BCUT2D eigenvalue weighted by Crippen LogP contribution is 2.47. The van der Waals surface area contributed by atoms with Crippen LogP contribution in [0.1, 0.15) is 58.6 Å². The minimum atomic E-state index is -0.487. The van der Waals surface area contributed by atoms with E-state index in [9.17, 15) is 10.1 Å². The fourth-order valence-corrected chi connectivity index (χ4v) is 6.73. The number of thioether (sulfide) groups is 1. The summed E-state index contributed by atoms with van der Waals surface area (Å²) in [4.78, 5) is 16.7. The van der Waals surface area contributed by atoms with Gasteiger partial charge in [0, 0.05) is 39.0 Å². The number of hydrogen-bond donors (Lipinski definition) is 1. The largest absolute Gasteiger partial charge is 0.384 e. The Balaban J connectivity index is 1.62. The second-order valence-corrected chi connectivity index (χ2v) is 11.9. The van der Waals surface area contributed by atoms with E-state index in [2.05, 4.69) is 63.2 Å². The lowest BCUT2D eigenvalue weighted by Crippen LogP contribution is -2.39. The molecule has 1 atom stereocenters. The highest BCUT2D eigenvalue weighted by molar-refractivity contribution is 7.98. The first-order valence-corrected chi connectivity index (χ1v) is 14.6. The summed E-state index contributed by atoms with van der Waals surface area (Å²) in [6, 6.07) is 21.0. The zero-order chi connectivity index (χ0) is 27.8.